The summed E-state index contributed by atoms with van der Waals surface area (Å²) in [5.74, 6) is 1.78. The molecule has 2 saturated heterocycles. The van der Waals surface area contributed by atoms with E-state index in [0.717, 1.165) is 63.0 Å². The highest BCUT2D eigenvalue weighted by molar-refractivity contribution is 14.0. The van der Waals surface area contributed by atoms with Gasteiger partial charge < -0.3 is 25.0 Å². The van der Waals surface area contributed by atoms with Crippen LogP contribution in [0.4, 0.5) is 0 Å². The van der Waals surface area contributed by atoms with E-state index < -0.39 is 0 Å². The van der Waals surface area contributed by atoms with E-state index in [4.69, 9.17) is 14.5 Å². The summed E-state index contributed by atoms with van der Waals surface area (Å²) in [5.41, 5.74) is 2.30. The standard InChI is InChI=1S/C22H37N5O2.HI/c1-5-23-22(25-14-19-15-26(3)9-10-27(19)4)24-13-18-7-6-17(2)12-21(18)29-20-8-11-28-16-20;/h6-7,12,19-20H,5,8-11,13-16H2,1-4H3,(H2,23,24,25);1H. The second-order valence-electron chi connectivity index (χ2n) is 8.19. The van der Waals surface area contributed by atoms with Crippen LogP contribution in [-0.2, 0) is 11.3 Å². The van der Waals surface area contributed by atoms with Crippen LogP contribution >= 0.6 is 24.0 Å². The van der Waals surface area contributed by atoms with Crippen LogP contribution in [0.15, 0.2) is 23.2 Å². The molecule has 2 aliphatic rings. The summed E-state index contributed by atoms with van der Waals surface area (Å²) in [6.45, 7) is 11.2. The van der Waals surface area contributed by atoms with Crippen molar-refractivity contribution < 1.29 is 9.47 Å². The third kappa shape index (κ3) is 7.55. The number of benzene rings is 1. The number of nitrogens with zero attached hydrogens (tertiary/aromatic N) is 3. The number of rotatable bonds is 7. The molecule has 2 unspecified atom stereocenters. The minimum absolute atomic E-state index is 0. The molecule has 7 nitrogen and oxygen atoms in total. The quantitative estimate of drug-likeness (QED) is 0.319. The topological polar surface area (TPSA) is 61.4 Å². The lowest BCUT2D eigenvalue weighted by Gasteiger charge is -2.37. The van der Waals surface area contributed by atoms with E-state index in [1.54, 1.807) is 0 Å². The number of ether oxygens (including phenoxy) is 2. The number of piperazine rings is 1. The molecule has 0 spiro atoms. The fourth-order valence-electron chi connectivity index (χ4n) is 3.73. The van der Waals surface area contributed by atoms with Gasteiger partial charge in [-0.2, -0.15) is 0 Å². The van der Waals surface area contributed by atoms with Crippen LogP contribution in [0.3, 0.4) is 0 Å². The molecular weight excluding hydrogens is 493 g/mol. The number of likely N-dealkylation sites (N-methyl/N-ethyl adjacent to an activating group) is 2. The van der Waals surface area contributed by atoms with Crippen molar-refractivity contribution in [3.8, 4) is 5.75 Å². The van der Waals surface area contributed by atoms with Crippen molar-refractivity contribution >= 4 is 29.9 Å². The number of hydrogen-bond donors (Lipinski definition) is 2. The molecule has 0 bridgehead atoms. The van der Waals surface area contributed by atoms with E-state index in [1.165, 1.54) is 5.56 Å². The highest BCUT2D eigenvalue weighted by atomic mass is 127. The molecule has 0 amide bonds. The van der Waals surface area contributed by atoms with E-state index in [0.29, 0.717) is 19.2 Å². The summed E-state index contributed by atoms with van der Waals surface area (Å²) in [6, 6.07) is 6.84. The second kappa shape index (κ2) is 12.7. The summed E-state index contributed by atoms with van der Waals surface area (Å²) in [7, 11) is 4.39. The summed E-state index contributed by atoms with van der Waals surface area (Å²) in [6.07, 6.45) is 1.09. The number of halogens is 1. The van der Waals surface area contributed by atoms with Gasteiger partial charge >= 0.3 is 0 Å². The highest BCUT2D eigenvalue weighted by Gasteiger charge is 2.22. The van der Waals surface area contributed by atoms with Gasteiger partial charge in [0.2, 0.25) is 0 Å². The molecule has 3 rings (SSSR count). The molecule has 0 radical (unpaired) electrons. The Kier molecular flexibility index (Phi) is 10.6. The Hall–Kier alpha value is -1.10. The van der Waals surface area contributed by atoms with E-state index in [-0.39, 0.29) is 30.1 Å². The van der Waals surface area contributed by atoms with Crippen LogP contribution < -0.4 is 15.4 Å². The van der Waals surface area contributed by atoms with Crippen molar-refractivity contribution in [2.24, 2.45) is 4.99 Å². The third-order valence-corrected chi connectivity index (χ3v) is 5.64. The van der Waals surface area contributed by atoms with Crippen LogP contribution in [0.1, 0.15) is 24.5 Å². The lowest BCUT2D eigenvalue weighted by atomic mass is 10.1. The zero-order valence-corrected chi connectivity index (χ0v) is 21.1. The van der Waals surface area contributed by atoms with Crippen LogP contribution in [0.25, 0.3) is 0 Å². The van der Waals surface area contributed by atoms with Crippen LogP contribution in [0, 0.1) is 6.92 Å². The van der Waals surface area contributed by atoms with Gasteiger partial charge in [0.25, 0.3) is 0 Å². The maximum atomic E-state index is 6.21. The minimum Gasteiger partial charge on any atom is -0.488 e. The molecule has 2 N–H and O–H groups in total. The highest BCUT2D eigenvalue weighted by Crippen LogP contribution is 2.24. The fraction of sp³-hybridized carbons (Fsp3) is 0.682. The summed E-state index contributed by atoms with van der Waals surface area (Å²) >= 11 is 0. The normalized spacial score (nSPS) is 23.1. The predicted octanol–water partition coefficient (Wildman–Crippen LogP) is 2.08. The molecule has 2 fully saturated rings. The zero-order valence-electron chi connectivity index (χ0n) is 18.8. The monoisotopic (exact) mass is 531 g/mol. The third-order valence-electron chi connectivity index (χ3n) is 5.64. The molecule has 0 aliphatic carbocycles. The Labute approximate surface area is 198 Å². The van der Waals surface area contributed by atoms with Gasteiger partial charge in [-0.15, -0.1) is 24.0 Å². The van der Waals surface area contributed by atoms with Gasteiger partial charge in [0.05, 0.1) is 19.8 Å². The molecule has 1 aromatic carbocycles. The van der Waals surface area contributed by atoms with E-state index in [9.17, 15) is 0 Å². The molecule has 8 heteroatoms. The van der Waals surface area contributed by atoms with Crippen molar-refractivity contribution in [3.63, 3.8) is 0 Å². The molecular formula is C22H38IN5O2. The smallest absolute Gasteiger partial charge is 0.191 e. The van der Waals surface area contributed by atoms with E-state index in [2.05, 4.69) is 66.6 Å². The fourth-order valence-corrected chi connectivity index (χ4v) is 3.73. The van der Waals surface area contributed by atoms with Gasteiger partial charge in [-0.05, 0) is 39.6 Å². The first-order valence-electron chi connectivity index (χ1n) is 10.8. The van der Waals surface area contributed by atoms with Crippen LogP contribution in [0.5, 0.6) is 5.75 Å². The number of guanidine groups is 1. The van der Waals surface area contributed by atoms with Gasteiger partial charge in [-0.25, -0.2) is 4.99 Å². The average molecular weight is 531 g/mol. The lowest BCUT2D eigenvalue weighted by molar-refractivity contribution is 0.116. The van der Waals surface area contributed by atoms with Gasteiger partial charge in [0.1, 0.15) is 11.9 Å². The van der Waals surface area contributed by atoms with Gasteiger partial charge in [0.15, 0.2) is 5.96 Å². The Bertz CT molecular complexity index is 681. The molecule has 170 valence electrons. The van der Waals surface area contributed by atoms with Crippen molar-refractivity contribution in [1.29, 1.82) is 0 Å². The van der Waals surface area contributed by atoms with Crippen LogP contribution in [0.2, 0.25) is 0 Å². The van der Waals surface area contributed by atoms with E-state index >= 15 is 0 Å². The molecule has 1 aromatic rings. The second-order valence-corrected chi connectivity index (χ2v) is 8.19. The average Bonchev–Trinajstić information content (AvgIpc) is 3.20. The number of nitrogens with one attached hydrogen (secondary N) is 2. The van der Waals surface area contributed by atoms with E-state index in [1.807, 2.05) is 0 Å². The predicted molar refractivity (Wildman–Crippen MR) is 133 cm³/mol. The summed E-state index contributed by atoms with van der Waals surface area (Å²) in [4.78, 5) is 9.64. The molecule has 0 aromatic heterocycles. The molecule has 2 aliphatic heterocycles. The Morgan fingerprint density at radius 3 is 2.83 bits per heavy atom. The molecule has 0 saturated carbocycles. The zero-order chi connectivity index (χ0) is 20.6. The first kappa shape index (κ1) is 25.2. The van der Waals surface area contributed by atoms with Crippen molar-refractivity contribution in [1.82, 2.24) is 20.4 Å². The number of aliphatic imine (C=N–C) groups is 1. The maximum absolute atomic E-state index is 6.21. The Morgan fingerprint density at radius 2 is 2.10 bits per heavy atom. The molecule has 30 heavy (non-hydrogen) atoms. The van der Waals surface area contributed by atoms with Gasteiger partial charge in [-0.3, -0.25) is 4.90 Å². The summed E-state index contributed by atoms with van der Waals surface area (Å²) in [5, 5.41) is 6.89. The van der Waals surface area contributed by atoms with Gasteiger partial charge in [-0.1, -0.05) is 12.1 Å². The number of hydrogen-bond acceptors (Lipinski definition) is 5. The largest absolute Gasteiger partial charge is 0.488 e. The van der Waals surface area contributed by atoms with Crippen molar-refractivity contribution in [3.05, 3.63) is 29.3 Å². The Morgan fingerprint density at radius 1 is 1.27 bits per heavy atom. The van der Waals surface area contributed by atoms with Crippen molar-refractivity contribution in [2.45, 2.75) is 39.0 Å². The van der Waals surface area contributed by atoms with Crippen LogP contribution in [-0.4, -0.2) is 87.9 Å². The first-order chi connectivity index (χ1) is 14.0. The van der Waals surface area contributed by atoms with Gasteiger partial charge in [0, 0.05) is 50.7 Å². The molecule has 2 heterocycles. The maximum Gasteiger partial charge on any atom is 0.191 e. The molecule has 2 atom stereocenters. The lowest BCUT2D eigenvalue weighted by Crippen LogP contribution is -2.55. The number of aryl methyl sites for hydroxylation is 1. The van der Waals surface area contributed by atoms with Crippen molar-refractivity contribution in [2.75, 3.05) is 60.0 Å². The Balaban J connectivity index is 0.00000320. The first-order valence-corrected chi connectivity index (χ1v) is 10.8. The SMILES string of the molecule is CCNC(=NCc1ccc(C)cc1OC1CCOC1)NCC1CN(C)CCN1C.I. The minimum atomic E-state index is 0. The summed E-state index contributed by atoms with van der Waals surface area (Å²) < 4.78 is 11.7.